The van der Waals surface area contributed by atoms with Crippen molar-refractivity contribution in [3.05, 3.63) is 88.3 Å². The van der Waals surface area contributed by atoms with Crippen LogP contribution in [0.5, 0.6) is 5.75 Å². The van der Waals surface area contributed by atoms with Gasteiger partial charge in [0.1, 0.15) is 21.9 Å². The van der Waals surface area contributed by atoms with Gasteiger partial charge in [0.2, 0.25) is 5.91 Å². The summed E-state index contributed by atoms with van der Waals surface area (Å²) in [6.45, 7) is 2.01. The number of hydrogen-bond donors (Lipinski definition) is 1. The molecule has 1 unspecified atom stereocenters. The first-order chi connectivity index (χ1) is 23.7. The number of nitrogens with one attached hydrogen (secondary N) is 1. The topological polar surface area (TPSA) is 123 Å². The van der Waals surface area contributed by atoms with Gasteiger partial charge in [-0.3, -0.25) is 14.3 Å². The SMILES string of the molecule is CO[C@H]1/C=C/CCCS(=O)(NC(=O)CCc2ccon2)=NC(=O)c2ccc3c(c2)N(C[C@@H]2CC[C@H]21)C[C@@]1(CCCc2cc(Cl)ccc21)CO3. The molecule has 3 aromatic rings. The highest BCUT2D eigenvalue weighted by Crippen LogP contribution is 2.47. The molecule has 2 bridgehead atoms. The number of methoxy groups -OCH3 is 1. The largest absolute Gasteiger partial charge is 0.490 e. The van der Waals surface area contributed by atoms with Crippen LogP contribution in [0.3, 0.4) is 0 Å². The third-order valence-corrected chi connectivity index (χ3v) is 12.7. The third-order valence-electron chi connectivity index (χ3n) is 10.6. The zero-order valence-corrected chi connectivity index (χ0v) is 29.3. The molecule has 12 heteroatoms. The smallest absolute Gasteiger partial charge is 0.286 e. The molecule has 2 aromatic carbocycles. The number of fused-ring (bicyclic) bond motifs is 4. The number of anilines is 1. The molecule has 1 spiro atoms. The second kappa shape index (κ2) is 14.3. The Morgan fingerprint density at radius 1 is 1.18 bits per heavy atom. The molecular formula is C37H43ClN4O6S. The number of allylic oxidation sites excluding steroid dienone is 1. The van der Waals surface area contributed by atoms with Crippen molar-refractivity contribution in [2.45, 2.75) is 69.3 Å². The fourth-order valence-electron chi connectivity index (χ4n) is 7.95. The number of nitrogens with zero attached hydrogens (tertiary/aromatic N) is 3. The van der Waals surface area contributed by atoms with Crippen LogP contribution in [-0.2, 0) is 37.7 Å². The molecule has 1 N–H and O–H groups in total. The highest BCUT2D eigenvalue weighted by molar-refractivity contribution is 7.92. The fourth-order valence-corrected chi connectivity index (χ4v) is 9.77. The lowest BCUT2D eigenvalue weighted by atomic mass is 9.68. The minimum atomic E-state index is -3.42. The Hall–Kier alpha value is -3.67. The number of ether oxygens (including phenoxy) is 2. The van der Waals surface area contributed by atoms with Crippen molar-refractivity contribution in [1.29, 1.82) is 0 Å². The van der Waals surface area contributed by atoms with E-state index in [2.05, 4.69) is 43.4 Å². The van der Waals surface area contributed by atoms with Crippen molar-refractivity contribution >= 4 is 39.0 Å². The summed E-state index contributed by atoms with van der Waals surface area (Å²) in [6, 6.07) is 13.2. The van der Waals surface area contributed by atoms with E-state index in [9.17, 15) is 13.8 Å². The lowest BCUT2D eigenvalue weighted by Crippen LogP contribution is -2.49. The predicted molar refractivity (Wildman–Crippen MR) is 188 cm³/mol. The standard InChI is InChI=1S/C37H43ClN4O6S/c1-46-33-7-3-2-4-19-49(45,40-35(43)15-11-29-16-18-48-39-29)41-36(44)26-9-14-34-32(21-26)42(22-27-8-12-30(27)33)23-37(24-47-34)17-5-6-25-20-28(38)10-13-31(25)37/h3,7,9-10,13-14,16,18,20-21,27,30,33H,2,4-6,8,11-12,15,17,19,22-24H2,1H3,(H,40,41,43,44,45)/b7-3+/t27-,30+,33-,37-,49?/m0/s1. The number of carbonyl (C=O) groups is 2. The van der Waals surface area contributed by atoms with E-state index in [0.717, 1.165) is 55.9 Å². The molecule has 7 rings (SSSR count). The van der Waals surface area contributed by atoms with Crippen LogP contribution in [0.4, 0.5) is 5.69 Å². The van der Waals surface area contributed by atoms with Crippen LogP contribution in [0, 0.1) is 11.8 Å². The molecular weight excluding hydrogens is 664 g/mol. The van der Waals surface area contributed by atoms with Crippen LogP contribution in [-0.4, -0.2) is 59.8 Å². The lowest BCUT2D eigenvalue weighted by molar-refractivity contribution is -0.119. The number of amides is 2. The Morgan fingerprint density at radius 3 is 2.88 bits per heavy atom. The summed E-state index contributed by atoms with van der Waals surface area (Å²) in [5.74, 6) is 0.388. The Bertz CT molecular complexity index is 1850. The normalized spacial score (nSPS) is 29.0. The molecule has 0 saturated heterocycles. The van der Waals surface area contributed by atoms with Gasteiger partial charge in [-0.2, -0.15) is 0 Å². The molecule has 2 amide bonds. The van der Waals surface area contributed by atoms with Gasteiger partial charge in [-0.15, -0.1) is 4.36 Å². The molecule has 1 fully saturated rings. The van der Waals surface area contributed by atoms with E-state index in [4.69, 9.17) is 25.6 Å². The van der Waals surface area contributed by atoms with Gasteiger partial charge in [0, 0.05) is 55.1 Å². The van der Waals surface area contributed by atoms with Crippen LogP contribution >= 0.6 is 11.6 Å². The van der Waals surface area contributed by atoms with Crippen LogP contribution in [0.15, 0.2) is 69.8 Å². The molecule has 4 aliphatic rings. The minimum absolute atomic E-state index is 0.0352. The maximum atomic E-state index is 14.2. The molecule has 3 heterocycles. The summed E-state index contributed by atoms with van der Waals surface area (Å²) in [4.78, 5) is 29.1. The number of aryl methyl sites for hydroxylation is 2. The van der Waals surface area contributed by atoms with Crippen molar-refractivity contribution in [3.63, 3.8) is 0 Å². The van der Waals surface area contributed by atoms with Gasteiger partial charge in [-0.1, -0.05) is 35.0 Å². The maximum absolute atomic E-state index is 14.2. The Morgan fingerprint density at radius 2 is 2.08 bits per heavy atom. The molecule has 2 aliphatic heterocycles. The molecule has 0 radical (unpaired) electrons. The summed E-state index contributed by atoms with van der Waals surface area (Å²) >= 11 is 6.44. The number of aromatic nitrogens is 1. The van der Waals surface area contributed by atoms with Gasteiger partial charge in [-0.25, -0.2) is 4.21 Å². The number of rotatable bonds is 5. The molecule has 1 aromatic heterocycles. The van der Waals surface area contributed by atoms with Crippen molar-refractivity contribution in [2.75, 3.05) is 37.5 Å². The minimum Gasteiger partial charge on any atom is -0.490 e. The zero-order valence-electron chi connectivity index (χ0n) is 27.8. The van der Waals surface area contributed by atoms with Gasteiger partial charge >= 0.3 is 0 Å². The molecule has 49 heavy (non-hydrogen) atoms. The Labute approximate surface area is 292 Å². The Balaban J connectivity index is 1.25. The zero-order chi connectivity index (χ0) is 34.0. The number of benzene rings is 2. The second-order valence-corrected chi connectivity index (χ2v) is 16.3. The van der Waals surface area contributed by atoms with Crippen LogP contribution < -0.4 is 14.4 Å². The molecule has 260 valence electrons. The lowest BCUT2D eigenvalue weighted by Gasteiger charge is -2.46. The van der Waals surface area contributed by atoms with E-state index >= 15 is 0 Å². The van der Waals surface area contributed by atoms with E-state index in [1.54, 1.807) is 19.2 Å². The number of carbonyl (C=O) groups excluding carboxylic acids is 2. The van der Waals surface area contributed by atoms with Crippen molar-refractivity contribution in [1.82, 2.24) is 9.88 Å². The molecule has 10 nitrogen and oxygen atoms in total. The average molecular weight is 707 g/mol. The first-order valence-electron chi connectivity index (χ1n) is 17.2. The van der Waals surface area contributed by atoms with Gasteiger partial charge in [0.05, 0.1) is 29.8 Å². The second-order valence-electron chi connectivity index (χ2n) is 13.8. The predicted octanol–water partition coefficient (Wildman–Crippen LogP) is 6.46. The van der Waals surface area contributed by atoms with E-state index in [1.165, 1.54) is 17.4 Å². The van der Waals surface area contributed by atoms with Gasteiger partial charge in [-0.05, 0) is 98.2 Å². The highest BCUT2D eigenvalue weighted by atomic mass is 35.5. The summed E-state index contributed by atoms with van der Waals surface area (Å²) in [7, 11) is -1.66. The fraction of sp³-hybridized carbons (Fsp3) is 0.486. The molecule has 5 atom stereocenters. The summed E-state index contributed by atoms with van der Waals surface area (Å²) in [5.41, 5.74) is 4.02. The Kier molecular flexibility index (Phi) is 9.86. The third kappa shape index (κ3) is 7.30. The van der Waals surface area contributed by atoms with Gasteiger partial charge < -0.3 is 18.9 Å². The van der Waals surface area contributed by atoms with E-state index in [-0.39, 0.29) is 23.7 Å². The number of hydrogen-bond acceptors (Lipinski definition) is 8. The van der Waals surface area contributed by atoms with Gasteiger partial charge in [0.25, 0.3) is 5.91 Å². The molecule has 2 aliphatic carbocycles. The number of halogens is 1. The first kappa shape index (κ1) is 33.8. The summed E-state index contributed by atoms with van der Waals surface area (Å²) in [5, 5.41) is 4.58. The van der Waals surface area contributed by atoms with Crippen LogP contribution in [0.1, 0.15) is 72.1 Å². The summed E-state index contributed by atoms with van der Waals surface area (Å²) < 4.78 is 38.5. The van der Waals surface area contributed by atoms with E-state index < -0.39 is 21.7 Å². The monoisotopic (exact) mass is 706 g/mol. The van der Waals surface area contributed by atoms with Crippen molar-refractivity contribution < 1.29 is 27.8 Å². The van der Waals surface area contributed by atoms with E-state index in [0.29, 0.717) is 54.7 Å². The maximum Gasteiger partial charge on any atom is 0.286 e. The highest BCUT2D eigenvalue weighted by Gasteiger charge is 2.44. The van der Waals surface area contributed by atoms with E-state index in [1.807, 2.05) is 18.2 Å². The first-order valence-corrected chi connectivity index (χ1v) is 19.3. The van der Waals surface area contributed by atoms with Crippen LogP contribution in [0.25, 0.3) is 0 Å². The van der Waals surface area contributed by atoms with Crippen LogP contribution in [0.2, 0.25) is 5.02 Å². The molecule has 1 saturated carbocycles. The quantitative estimate of drug-likeness (QED) is 0.300. The van der Waals surface area contributed by atoms with Gasteiger partial charge in [0.15, 0.2) is 0 Å². The summed E-state index contributed by atoms with van der Waals surface area (Å²) in [6.07, 6.45) is 12.2. The average Bonchev–Trinajstić information content (AvgIpc) is 3.55. The van der Waals surface area contributed by atoms with Crippen molar-refractivity contribution in [3.8, 4) is 5.75 Å². The van der Waals surface area contributed by atoms with Crippen molar-refractivity contribution in [2.24, 2.45) is 16.2 Å².